The fourth-order valence-electron chi connectivity index (χ4n) is 3.46. The van der Waals surface area contributed by atoms with Crippen LogP contribution in [0.3, 0.4) is 0 Å². The molecule has 184 valence electrons. The molecule has 3 amide bonds. The largest absolute Gasteiger partial charge is 0.383 e. The van der Waals surface area contributed by atoms with Gasteiger partial charge >= 0.3 is 0 Å². The van der Waals surface area contributed by atoms with Gasteiger partial charge in [0.1, 0.15) is 11.9 Å². The maximum atomic E-state index is 13.7. The second kappa shape index (κ2) is 12.7. The van der Waals surface area contributed by atoms with Crippen molar-refractivity contribution >= 4 is 39.9 Å². The molecule has 3 aromatic rings. The third kappa shape index (κ3) is 7.43. The minimum atomic E-state index is -1.08. The predicted molar refractivity (Wildman–Crippen MR) is 133 cm³/mol. The van der Waals surface area contributed by atoms with Crippen LogP contribution in [0.25, 0.3) is 0 Å². The number of anilines is 2. The first-order valence-corrected chi connectivity index (χ1v) is 11.9. The van der Waals surface area contributed by atoms with Gasteiger partial charge in [-0.15, -0.1) is 11.3 Å². The van der Waals surface area contributed by atoms with E-state index in [1.165, 1.54) is 47.6 Å². The van der Waals surface area contributed by atoms with Crippen LogP contribution >= 0.6 is 11.3 Å². The monoisotopic (exact) mass is 498 g/mol. The summed E-state index contributed by atoms with van der Waals surface area (Å²) in [6.45, 7) is 2.40. The number of hydrogen-bond donors (Lipinski definition) is 2. The zero-order valence-corrected chi connectivity index (χ0v) is 20.3. The van der Waals surface area contributed by atoms with Gasteiger partial charge in [0.05, 0.1) is 6.61 Å². The van der Waals surface area contributed by atoms with Crippen molar-refractivity contribution in [1.82, 2.24) is 10.3 Å². The van der Waals surface area contributed by atoms with Crippen molar-refractivity contribution in [2.45, 2.75) is 25.8 Å². The molecule has 0 spiro atoms. The molecule has 0 aliphatic rings. The van der Waals surface area contributed by atoms with E-state index in [0.717, 1.165) is 5.56 Å². The Morgan fingerprint density at radius 2 is 1.91 bits per heavy atom. The third-order valence-electron chi connectivity index (χ3n) is 5.09. The first-order valence-electron chi connectivity index (χ1n) is 11.0. The fourth-order valence-corrected chi connectivity index (χ4v) is 4.00. The molecule has 0 fully saturated rings. The number of aryl methyl sites for hydroxylation is 1. The average molecular weight is 499 g/mol. The van der Waals surface area contributed by atoms with Gasteiger partial charge < -0.3 is 15.4 Å². The maximum Gasteiger partial charge on any atom is 0.247 e. The molecule has 2 aromatic carbocycles. The van der Waals surface area contributed by atoms with E-state index in [1.54, 1.807) is 29.8 Å². The summed E-state index contributed by atoms with van der Waals surface area (Å²) < 4.78 is 18.7. The molecule has 2 N–H and O–H groups in total. The van der Waals surface area contributed by atoms with E-state index >= 15 is 0 Å². The number of benzene rings is 2. The molecule has 8 nitrogen and oxygen atoms in total. The summed E-state index contributed by atoms with van der Waals surface area (Å²) in [5.74, 6) is -1.70. The molecule has 0 saturated carbocycles. The van der Waals surface area contributed by atoms with Gasteiger partial charge in [0.25, 0.3) is 0 Å². The lowest BCUT2D eigenvalue weighted by molar-refractivity contribution is -0.127. The summed E-state index contributed by atoms with van der Waals surface area (Å²) in [6, 6.07) is 11.5. The Balaban J connectivity index is 1.91. The highest BCUT2D eigenvalue weighted by atomic mass is 32.1. The van der Waals surface area contributed by atoms with Crippen LogP contribution in [0.4, 0.5) is 15.2 Å². The minimum absolute atomic E-state index is 0.0951. The Bertz CT molecular complexity index is 1140. The van der Waals surface area contributed by atoms with Gasteiger partial charge in [-0.2, -0.15) is 0 Å². The summed E-state index contributed by atoms with van der Waals surface area (Å²) in [7, 11) is 1.52. The van der Waals surface area contributed by atoms with Crippen LogP contribution in [0.5, 0.6) is 0 Å². The van der Waals surface area contributed by atoms with Crippen molar-refractivity contribution in [1.29, 1.82) is 0 Å². The van der Waals surface area contributed by atoms with E-state index in [2.05, 4.69) is 15.6 Å². The number of methoxy groups -OCH3 is 1. The van der Waals surface area contributed by atoms with Gasteiger partial charge in [0.15, 0.2) is 5.13 Å². The number of amides is 3. The van der Waals surface area contributed by atoms with Crippen molar-refractivity contribution in [2.24, 2.45) is 0 Å². The van der Waals surface area contributed by atoms with Gasteiger partial charge in [-0.25, -0.2) is 9.37 Å². The SMILES string of the molecule is COCCNC(=O)[C@H](c1ccc(F)cc1)N(C(=O)CCC(=O)Nc1nccs1)c1cccc(C)c1. The Morgan fingerprint density at radius 1 is 1.14 bits per heavy atom. The van der Waals surface area contributed by atoms with E-state index in [9.17, 15) is 18.8 Å². The number of nitrogens with zero attached hydrogens (tertiary/aromatic N) is 2. The summed E-state index contributed by atoms with van der Waals surface area (Å²) in [5.41, 5.74) is 1.81. The quantitative estimate of drug-likeness (QED) is 0.391. The van der Waals surface area contributed by atoms with Crippen molar-refractivity contribution in [3.63, 3.8) is 0 Å². The Labute approximate surface area is 207 Å². The van der Waals surface area contributed by atoms with Gasteiger partial charge in [0.2, 0.25) is 17.7 Å². The second-order valence-corrected chi connectivity index (χ2v) is 8.62. The van der Waals surface area contributed by atoms with Crippen LogP contribution in [0.15, 0.2) is 60.1 Å². The number of carbonyl (C=O) groups is 3. The maximum absolute atomic E-state index is 13.7. The molecule has 0 saturated heterocycles. The first kappa shape index (κ1) is 26.0. The number of thiazole rings is 1. The van der Waals surface area contributed by atoms with Crippen LogP contribution < -0.4 is 15.5 Å². The van der Waals surface area contributed by atoms with E-state index < -0.39 is 23.7 Å². The Kier molecular flexibility index (Phi) is 9.45. The van der Waals surface area contributed by atoms with Crippen LogP contribution in [0.1, 0.15) is 30.0 Å². The van der Waals surface area contributed by atoms with Gasteiger partial charge in [-0.05, 0) is 42.3 Å². The van der Waals surface area contributed by atoms with Gasteiger partial charge in [-0.3, -0.25) is 19.3 Å². The molecule has 0 aliphatic heterocycles. The molecule has 0 unspecified atom stereocenters. The summed E-state index contributed by atoms with van der Waals surface area (Å²) in [6.07, 6.45) is 1.33. The molecule has 1 heterocycles. The van der Waals surface area contributed by atoms with Crippen molar-refractivity contribution in [3.05, 3.63) is 77.1 Å². The number of ether oxygens (including phenoxy) is 1. The van der Waals surface area contributed by atoms with Gasteiger partial charge in [-0.1, -0.05) is 24.3 Å². The number of aromatic nitrogens is 1. The van der Waals surface area contributed by atoms with Crippen LogP contribution in [-0.2, 0) is 19.1 Å². The summed E-state index contributed by atoms with van der Waals surface area (Å²) >= 11 is 1.27. The molecule has 1 atom stereocenters. The predicted octanol–water partition coefficient (Wildman–Crippen LogP) is 3.85. The van der Waals surface area contributed by atoms with Crippen LogP contribution in [-0.4, -0.2) is 43.0 Å². The Hall–Kier alpha value is -3.63. The molecular weight excluding hydrogens is 471 g/mol. The minimum Gasteiger partial charge on any atom is -0.383 e. The molecule has 0 bridgehead atoms. The lowest BCUT2D eigenvalue weighted by Crippen LogP contribution is -2.45. The zero-order chi connectivity index (χ0) is 25.2. The van der Waals surface area contributed by atoms with Gasteiger partial charge in [0, 0.05) is 43.8 Å². The standard InChI is InChI=1S/C25H27FN4O4S/c1-17-4-3-5-20(16-17)30(22(32)11-10-21(31)29-25-28-13-15-35-25)23(24(33)27-12-14-34-2)18-6-8-19(26)9-7-18/h3-9,13,15-16,23H,10-12,14H2,1-2H3,(H,27,33)(H,28,29,31)/t23-/m0/s1. The third-order valence-corrected chi connectivity index (χ3v) is 5.78. The van der Waals surface area contributed by atoms with Crippen molar-refractivity contribution in [3.8, 4) is 0 Å². The molecule has 10 heteroatoms. The smallest absolute Gasteiger partial charge is 0.247 e. The fraction of sp³-hybridized carbons (Fsp3) is 0.280. The lowest BCUT2D eigenvalue weighted by Gasteiger charge is -2.32. The van der Waals surface area contributed by atoms with E-state index in [-0.39, 0.29) is 31.9 Å². The lowest BCUT2D eigenvalue weighted by atomic mass is 10.0. The average Bonchev–Trinajstić information content (AvgIpc) is 3.35. The number of rotatable bonds is 11. The normalized spacial score (nSPS) is 11.5. The molecular formula is C25H27FN4O4S. The van der Waals surface area contributed by atoms with E-state index in [0.29, 0.717) is 16.4 Å². The topological polar surface area (TPSA) is 101 Å². The number of nitrogens with one attached hydrogen (secondary N) is 2. The number of carbonyl (C=O) groups excluding carboxylic acids is 3. The van der Waals surface area contributed by atoms with Crippen molar-refractivity contribution in [2.75, 3.05) is 30.5 Å². The summed E-state index contributed by atoms with van der Waals surface area (Å²) in [4.78, 5) is 44.6. The Morgan fingerprint density at radius 3 is 2.57 bits per heavy atom. The first-order chi connectivity index (χ1) is 16.9. The summed E-state index contributed by atoms with van der Waals surface area (Å²) in [5, 5.41) is 7.60. The molecule has 0 radical (unpaired) electrons. The number of hydrogen-bond acceptors (Lipinski definition) is 6. The zero-order valence-electron chi connectivity index (χ0n) is 19.5. The highest BCUT2D eigenvalue weighted by Crippen LogP contribution is 2.30. The van der Waals surface area contributed by atoms with Crippen LogP contribution in [0, 0.1) is 12.7 Å². The molecule has 3 rings (SSSR count). The number of halogens is 1. The molecule has 35 heavy (non-hydrogen) atoms. The highest BCUT2D eigenvalue weighted by Gasteiger charge is 2.33. The highest BCUT2D eigenvalue weighted by molar-refractivity contribution is 7.13. The van der Waals surface area contributed by atoms with Crippen LogP contribution in [0.2, 0.25) is 0 Å². The second-order valence-electron chi connectivity index (χ2n) is 7.73. The molecule has 1 aromatic heterocycles. The van der Waals surface area contributed by atoms with E-state index in [1.807, 2.05) is 13.0 Å². The molecule has 0 aliphatic carbocycles. The van der Waals surface area contributed by atoms with Crippen molar-refractivity contribution < 1.29 is 23.5 Å². The van der Waals surface area contributed by atoms with E-state index in [4.69, 9.17) is 4.74 Å².